The maximum atomic E-state index is 5.47. The summed E-state index contributed by atoms with van der Waals surface area (Å²) in [7, 11) is 0. The highest BCUT2D eigenvalue weighted by Gasteiger charge is 2.35. The molecular formula is C28H49N5O. The molecule has 0 saturated heterocycles. The summed E-state index contributed by atoms with van der Waals surface area (Å²) in [4.78, 5) is 15.7. The van der Waals surface area contributed by atoms with E-state index in [0.29, 0.717) is 6.61 Å². The van der Waals surface area contributed by atoms with Gasteiger partial charge >= 0.3 is 0 Å². The van der Waals surface area contributed by atoms with E-state index in [1.165, 1.54) is 83.5 Å². The molecule has 192 valence electrons. The van der Waals surface area contributed by atoms with Gasteiger partial charge < -0.3 is 15.0 Å². The molecule has 0 amide bonds. The number of allylic oxidation sites excluding steroid dienone is 3. The van der Waals surface area contributed by atoms with Crippen LogP contribution in [0.3, 0.4) is 0 Å². The highest BCUT2D eigenvalue weighted by molar-refractivity contribution is 5.98. The van der Waals surface area contributed by atoms with Gasteiger partial charge in [-0.15, -0.1) is 0 Å². The lowest BCUT2D eigenvalue weighted by Gasteiger charge is -2.27. The van der Waals surface area contributed by atoms with Crippen molar-refractivity contribution in [3.63, 3.8) is 0 Å². The molecule has 0 aromatic carbocycles. The molecule has 0 saturated carbocycles. The lowest BCUT2D eigenvalue weighted by Crippen LogP contribution is -2.46. The Hall–Kier alpha value is -1.95. The molecule has 2 aliphatic rings. The number of nitrogens with one attached hydrogen (secondary N) is 1. The third-order valence-corrected chi connectivity index (χ3v) is 6.44. The second kappa shape index (κ2) is 18.4. The quantitative estimate of drug-likeness (QED) is 0.160. The average molecular weight is 472 g/mol. The Bertz CT molecular complexity index is 670. The molecule has 0 radical (unpaired) electrons. The summed E-state index contributed by atoms with van der Waals surface area (Å²) in [5, 5.41) is 3.41. The Morgan fingerprint density at radius 2 is 1.65 bits per heavy atom. The van der Waals surface area contributed by atoms with Gasteiger partial charge in [-0.1, -0.05) is 77.0 Å². The van der Waals surface area contributed by atoms with Gasteiger partial charge in [-0.25, -0.2) is 9.98 Å². The van der Waals surface area contributed by atoms with Gasteiger partial charge in [0.05, 0.1) is 12.9 Å². The largest absolute Gasteiger partial charge is 0.380 e. The van der Waals surface area contributed by atoms with Gasteiger partial charge in [0.1, 0.15) is 18.2 Å². The number of nitrogens with zero attached hydrogens (tertiary/aromatic N) is 4. The van der Waals surface area contributed by atoms with Crippen molar-refractivity contribution in [1.82, 2.24) is 10.2 Å². The summed E-state index contributed by atoms with van der Waals surface area (Å²) in [5.41, 5.74) is 1.02. The summed E-state index contributed by atoms with van der Waals surface area (Å²) in [5.74, 6) is 0.855. The first-order valence-corrected chi connectivity index (χ1v) is 13.8. The summed E-state index contributed by atoms with van der Waals surface area (Å²) in [6, 6.07) is -0.0718. The lowest BCUT2D eigenvalue weighted by atomic mass is 10.1. The molecule has 1 N–H and O–H groups in total. The smallest absolute Gasteiger partial charge is 0.153 e. The number of ether oxygens (including phenoxy) is 1. The molecule has 2 heterocycles. The third kappa shape index (κ3) is 11.5. The maximum absolute atomic E-state index is 5.47. The number of amidine groups is 1. The molecule has 0 aromatic heterocycles. The van der Waals surface area contributed by atoms with E-state index in [1.54, 1.807) is 6.34 Å². The van der Waals surface area contributed by atoms with Gasteiger partial charge in [0, 0.05) is 18.8 Å². The molecule has 2 rings (SSSR count). The number of hydrogen-bond acceptors (Lipinski definition) is 6. The van der Waals surface area contributed by atoms with E-state index in [9.17, 15) is 0 Å². The van der Waals surface area contributed by atoms with Crippen LogP contribution in [0, 0.1) is 0 Å². The normalized spacial score (nSPS) is 19.1. The molecule has 2 atom stereocenters. The molecule has 2 unspecified atom stereocenters. The second-order valence-corrected chi connectivity index (χ2v) is 9.40. The number of rotatable bonds is 20. The van der Waals surface area contributed by atoms with Crippen LogP contribution in [0.2, 0.25) is 0 Å². The lowest BCUT2D eigenvalue weighted by molar-refractivity contribution is 0.127. The van der Waals surface area contributed by atoms with Crippen LogP contribution in [-0.2, 0) is 4.74 Å². The minimum Gasteiger partial charge on any atom is -0.380 e. The van der Waals surface area contributed by atoms with Crippen molar-refractivity contribution in [3.8, 4) is 0 Å². The van der Waals surface area contributed by atoms with E-state index < -0.39 is 0 Å². The minimum absolute atomic E-state index is 0.0203. The van der Waals surface area contributed by atoms with Crippen molar-refractivity contribution in [1.29, 1.82) is 0 Å². The molecule has 2 aliphatic heterocycles. The minimum atomic E-state index is -0.0718. The molecule has 34 heavy (non-hydrogen) atoms. The Balaban J connectivity index is 1.46. The van der Waals surface area contributed by atoms with Crippen LogP contribution in [0.5, 0.6) is 0 Å². The monoisotopic (exact) mass is 471 g/mol. The standard InChI is InChI=1S/C28H49N5O/c1-4-6-7-8-9-10-11-12-13-14-15-16-17-18-19-20-25(3)32-27-26-28(30-23-29-27)33(24-31-26)21-22-34-5-2/h12-13,23-24,26,28H,3-11,14-22H2,1-2H3,(H,29,30,32)/b13-12-. The SMILES string of the molecule is C=C(CCCCCCC/C=C\CCCCCCCC)NC1=NC=NC2C1N=CN2CCOCC. The molecule has 0 bridgehead atoms. The molecule has 0 aliphatic carbocycles. The van der Waals surface area contributed by atoms with E-state index in [4.69, 9.17) is 4.74 Å². The van der Waals surface area contributed by atoms with Crippen molar-refractivity contribution in [2.24, 2.45) is 15.0 Å². The predicted octanol–water partition coefficient (Wildman–Crippen LogP) is 6.64. The molecule has 0 spiro atoms. The van der Waals surface area contributed by atoms with Crippen LogP contribution in [-0.4, -0.2) is 55.4 Å². The summed E-state index contributed by atoms with van der Waals surface area (Å²) >= 11 is 0. The highest BCUT2D eigenvalue weighted by Crippen LogP contribution is 2.19. The third-order valence-electron chi connectivity index (χ3n) is 6.44. The van der Waals surface area contributed by atoms with Gasteiger partial charge in [0.2, 0.25) is 0 Å². The van der Waals surface area contributed by atoms with Crippen LogP contribution in [0.1, 0.15) is 104 Å². The molecule has 0 aromatic rings. The zero-order chi connectivity index (χ0) is 24.3. The first kappa shape index (κ1) is 28.3. The Kier molecular flexibility index (Phi) is 15.3. The van der Waals surface area contributed by atoms with Crippen LogP contribution >= 0.6 is 0 Å². The van der Waals surface area contributed by atoms with Crippen LogP contribution in [0.25, 0.3) is 0 Å². The fourth-order valence-electron chi connectivity index (χ4n) is 4.37. The highest BCUT2D eigenvalue weighted by atomic mass is 16.5. The number of fused-ring (bicyclic) bond motifs is 1. The molecular weight excluding hydrogens is 422 g/mol. The zero-order valence-electron chi connectivity index (χ0n) is 21.9. The predicted molar refractivity (Wildman–Crippen MR) is 147 cm³/mol. The van der Waals surface area contributed by atoms with Crippen molar-refractivity contribution < 1.29 is 4.74 Å². The fourth-order valence-corrected chi connectivity index (χ4v) is 4.37. The van der Waals surface area contributed by atoms with E-state index >= 15 is 0 Å². The summed E-state index contributed by atoms with van der Waals surface area (Å²) < 4.78 is 5.47. The maximum Gasteiger partial charge on any atom is 0.153 e. The first-order valence-electron chi connectivity index (χ1n) is 13.8. The van der Waals surface area contributed by atoms with Gasteiger partial charge in [0.15, 0.2) is 6.17 Å². The molecule has 0 fully saturated rings. The van der Waals surface area contributed by atoms with Crippen molar-refractivity contribution >= 4 is 18.5 Å². The van der Waals surface area contributed by atoms with E-state index in [2.05, 4.69) is 50.8 Å². The van der Waals surface area contributed by atoms with E-state index in [-0.39, 0.29) is 12.2 Å². The van der Waals surface area contributed by atoms with Crippen molar-refractivity contribution in [2.45, 2.75) is 116 Å². The fraction of sp³-hybridized carbons (Fsp3) is 0.750. The summed E-state index contributed by atoms with van der Waals surface area (Å²) in [6.45, 7) is 10.7. The van der Waals surface area contributed by atoms with Gasteiger partial charge in [-0.05, 0) is 45.4 Å². The Labute approximate surface area is 208 Å². The Morgan fingerprint density at radius 1 is 0.971 bits per heavy atom. The summed E-state index contributed by atoms with van der Waals surface area (Å²) in [6.07, 6.45) is 26.4. The Morgan fingerprint density at radius 3 is 2.35 bits per heavy atom. The van der Waals surface area contributed by atoms with Gasteiger partial charge in [-0.2, -0.15) is 0 Å². The van der Waals surface area contributed by atoms with Gasteiger partial charge in [0.25, 0.3) is 0 Å². The van der Waals surface area contributed by atoms with Crippen LogP contribution in [0.4, 0.5) is 0 Å². The van der Waals surface area contributed by atoms with Gasteiger partial charge in [-0.3, -0.25) is 4.99 Å². The average Bonchev–Trinajstić information content (AvgIpc) is 3.26. The van der Waals surface area contributed by atoms with E-state index in [0.717, 1.165) is 31.1 Å². The first-order chi connectivity index (χ1) is 16.8. The van der Waals surface area contributed by atoms with Crippen molar-refractivity contribution in [3.05, 3.63) is 24.4 Å². The number of hydrogen-bond donors (Lipinski definition) is 1. The van der Waals surface area contributed by atoms with E-state index in [1.807, 2.05) is 13.3 Å². The zero-order valence-corrected chi connectivity index (χ0v) is 21.9. The second-order valence-electron chi connectivity index (χ2n) is 9.40. The molecule has 6 heteroatoms. The van der Waals surface area contributed by atoms with Crippen LogP contribution < -0.4 is 5.32 Å². The number of aliphatic imine (C=N–C) groups is 3. The topological polar surface area (TPSA) is 61.6 Å². The van der Waals surface area contributed by atoms with Crippen LogP contribution in [0.15, 0.2) is 39.4 Å². The number of unbranched alkanes of at least 4 members (excludes halogenated alkanes) is 11. The van der Waals surface area contributed by atoms with Crippen molar-refractivity contribution in [2.75, 3.05) is 19.8 Å². The molecule has 6 nitrogen and oxygen atoms in total.